The molecule has 5 heteroatoms. The van der Waals surface area contributed by atoms with Gasteiger partial charge < -0.3 is 15.0 Å². The number of carbonyl (C=O) groups is 1. The van der Waals surface area contributed by atoms with Crippen LogP contribution in [0.25, 0.3) is 10.9 Å². The molecular formula is C16H23N3O2. The first-order valence-corrected chi connectivity index (χ1v) is 7.04. The number of carboxylic acid groups (broad SMARTS) is 1. The molecule has 0 fully saturated rings. The second-order valence-electron chi connectivity index (χ2n) is 5.84. The zero-order valence-electron chi connectivity index (χ0n) is 13.1. The lowest BCUT2D eigenvalue weighted by Crippen LogP contribution is -2.27. The van der Waals surface area contributed by atoms with Gasteiger partial charge in [0, 0.05) is 23.6 Å². The van der Waals surface area contributed by atoms with E-state index in [0.717, 1.165) is 29.4 Å². The number of aliphatic carboxylic acids is 1. The van der Waals surface area contributed by atoms with E-state index in [1.165, 1.54) is 5.56 Å². The quantitative estimate of drug-likeness (QED) is 0.853. The molecule has 0 radical (unpaired) electrons. The molecule has 0 aliphatic rings. The minimum atomic E-state index is -0.827. The summed E-state index contributed by atoms with van der Waals surface area (Å²) in [6, 6.07) is 5.17. The van der Waals surface area contributed by atoms with Gasteiger partial charge in [-0.25, -0.2) is 0 Å². The highest BCUT2D eigenvalue weighted by molar-refractivity contribution is 5.91. The fourth-order valence-corrected chi connectivity index (χ4v) is 2.69. The zero-order chi connectivity index (χ0) is 15.6. The van der Waals surface area contributed by atoms with E-state index in [0.29, 0.717) is 0 Å². The highest BCUT2D eigenvalue weighted by Gasteiger charge is 2.25. The molecule has 0 saturated heterocycles. The largest absolute Gasteiger partial charge is 0.480 e. The Labute approximate surface area is 125 Å². The Morgan fingerprint density at radius 1 is 1.29 bits per heavy atom. The maximum atomic E-state index is 11.6. The average molecular weight is 289 g/mol. The molecule has 1 unspecified atom stereocenters. The number of H-pyrrole nitrogens is 1. The third-order valence-electron chi connectivity index (χ3n) is 3.69. The molecule has 0 bridgehead atoms. The predicted octanol–water partition coefficient (Wildman–Crippen LogP) is 1.96. The van der Waals surface area contributed by atoms with Crippen LogP contribution in [-0.4, -0.2) is 60.6 Å². The molecule has 0 spiro atoms. The van der Waals surface area contributed by atoms with Crippen LogP contribution in [0.4, 0.5) is 0 Å². The minimum Gasteiger partial charge on any atom is -0.480 e. The van der Waals surface area contributed by atoms with Gasteiger partial charge in [0.25, 0.3) is 0 Å². The summed E-state index contributed by atoms with van der Waals surface area (Å²) in [4.78, 5) is 18.7. The van der Waals surface area contributed by atoms with E-state index < -0.39 is 12.0 Å². The van der Waals surface area contributed by atoms with Crippen LogP contribution >= 0.6 is 0 Å². The summed E-state index contributed by atoms with van der Waals surface area (Å²) in [7, 11) is 7.67. The number of aromatic amines is 1. The summed E-state index contributed by atoms with van der Waals surface area (Å²) in [5.74, 6) is -0.827. The fraction of sp³-hybridized carbons (Fsp3) is 0.438. The standard InChI is InChI=1S/C16H23N3O2/c1-18(2)9-8-11-10-17-13-7-5-6-12(14(11)13)15(16(20)21)19(3)4/h5-7,10,15,17H,8-9H2,1-4H3,(H,20,21). The molecular weight excluding hydrogens is 266 g/mol. The van der Waals surface area contributed by atoms with Gasteiger partial charge in [0.2, 0.25) is 0 Å². The Balaban J connectivity index is 2.52. The van der Waals surface area contributed by atoms with E-state index in [-0.39, 0.29) is 0 Å². The third-order valence-corrected chi connectivity index (χ3v) is 3.69. The van der Waals surface area contributed by atoms with E-state index in [1.807, 2.05) is 38.5 Å². The zero-order valence-corrected chi connectivity index (χ0v) is 13.1. The van der Waals surface area contributed by atoms with Crippen LogP contribution in [0.3, 0.4) is 0 Å². The van der Waals surface area contributed by atoms with Gasteiger partial charge in [-0.05, 0) is 51.8 Å². The van der Waals surface area contributed by atoms with Crippen molar-refractivity contribution in [1.82, 2.24) is 14.8 Å². The normalized spacial score (nSPS) is 13.2. The third kappa shape index (κ3) is 3.25. The Morgan fingerprint density at radius 3 is 2.57 bits per heavy atom. The van der Waals surface area contributed by atoms with Crippen molar-refractivity contribution in [3.63, 3.8) is 0 Å². The molecule has 1 atom stereocenters. The first-order valence-electron chi connectivity index (χ1n) is 7.04. The molecule has 114 valence electrons. The SMILES string of the molecule is CN(C)CCc1c[nH]c2cccc(C(C(=O)O)N(C)C)c12. The molecule has 1 aromatic heterocycles. The number of fused-ring (bicyclic) bond motifs is 1. The van der Waals surface area contributed by atoms with Gasteiger partial charge in [-0.3, -0.25) is 9.69 Å². The second-order valence-corrected chi connectivity index (χ2v) is 5.84. The van der Waals surface area contributed by atoms with Gasteiger partial charge in [-0.15, -0.1) is 0 Å². The highest BCUT2D eigenvalue weighted by Crippen LogP contribution is 2.30. The molecule has 1 aromatic carbocycles. The first kappa shape index (κ1) is 15.5. The van der Waals surface area contributed by atoms with E-state index in [4.69, 9.17) is 0 Å². The Hall–Kier alpha value is -1.85. The van der Waals surface area contributed by atoms with Crippen LogP contribution in [0.15, 0.2) is 24.4 Å². The van der Waals surface area contributed by atoms with Crippen LogP contribution < -0.4 is 0 Å². The Bertz CT molecular complexity index is 631. The van der Waals surface area contributed by atoms with E-state index in [2.05, 4.69) is 9.88 Å². The highest BCUT2D eigenvalue weighted by atomic mass is 16.4. The smallest absolute Gasteiger partial charge is 0.325 e. The molecule has 2 N–H and O–H groups in total. The van der Waals surface area contributed by atoms with Crippen molar-refractivity contribution < 1.29 is 9.90 Å². The van der Waals surface area contributed by atoms with Crippen LogP contribution in [0.1, 0.15) is 17.2 Å². The van der Waals surface area contributed by atoms with Gasteiger partial charge in [-0.1, -0.05) is 12.1 Å². The van der Waals surface area contributed by atoms with Crippen molar-refractivity contribution in [2.24, 2.45) is 0 Å². The molecule has 2 rings (SSSR count). The molecule has 0 aliphatic heterocycles. The maximum Gasteiger partial charge on any atom is 0.325 e. The molecule has 21 heavy (non-hydrogen) atoms. The topological polar surface area (TPSA) is 59.6 Å². The lowest BCUT2D eigenvalue weighted by molar-refractivity contribution is -0.142. The van der Waals surface area contributed by atoms with Gasteiger partial charge in [-0.2, -0.15) is 0 Å². The summed E-state index contributed by atoms with van der Waals surface area (Å²) in [5.41, 5.74) is 3.01. The van der Waals surface area contributed by atoms with Crippen molar-refractivity contribution in [2.45, 2.75) is 12.5 Å². The first-order chi connectivity index (χ1) is 9.91. The number of aromatic nitrogens is 1. The van der Waals surface area contributed by atoms with Crippen molar-refractivity contribution in [3.8, 4) is 0 Å². The number of hydrogen-bond donors (Lipinski definition) is 2. The number of carboxylic acids is 1. The van der Waals surface area contributed by atoms with E-state index in [1.54, 1.807) is 19.0 Å². The van der Waals surface area contributed by atoms with Crippen molar-refractivity contribution in [3.05, 3.63) is 35.5 Å². The van der Waals surface area contributed by atoms with Gasteiger partial charge in [0.1, 0.15) is 6.04 Å². The van der Waals surface area contributed by atoms with Gasteiger partial charge in [0.05, 0.1) is 0 Å². The monoisotopic (exact) mass is 289 g/mol. The van der Waals surface area contributed by atoms with E-state index >= 15 is 0 Å². The summed E-state index contributed by atoms with van der Waals surface area (Å²) in [6.45, 7) is 0.932. The van der Waals surface area contributed by atoms with Gasteiger partial charge >= 0.3 is 5.97 Å². The molecule has 0 saturated carbocycles. The van der Waals surface area contributed by atoms with Gasteiger partial charge in [0.15, 0.2) is 0 Å². The molecule has 1 heterocycles. The van der Waals surface area contributed by atoms with E-state index in [9.17, 15) is 9.90 Å². The maximum absolute atomic E-state index is 11.6. The summed E-state index contributed by atoms with van der Waals surface area (Å²) in [5, 5.41) is 10.6. The van der Waals surface area contributed by atoms with Crippen molar-refractivity contribution in [1.29, 1.82) is 0 Å². The Morgan fingerprint density at radius 2 is 2.00 bits per heavy atom. The van der Waals surface area contributed by atoms with Crippen LogP contribution in [-0.2, 0) is 11.2 Å². The summed E-state index contributed by atoms with van der Waals surface area (Å²) >= 11 is 0. The number of rotatable bonds is 6. The Kier molecular flexibility index (Phi) is 4.65. The predicted molar refractivity (Wildman–Crippen MR) is 84.6 cm³/mol. The number of hydrogen-bond acceptors (Lipinski definition) is 3. The summed E-state index contributed by atoms with van der Waals surface area (Å²) < 4.78 is 0. The van der Waals surface area contributed by atoms with Crippen molar-refractivity contribution in [2.75, 3.05) is 34.7 Å². The second kappa shape index (κ2) is 6.28. The molecule has 2 aromatic rings. The lowest BCUT2D eigenvalue weighted by atomic mass is 9.98. The number of nitrogens with one attached hydrogen (secondary N) is 1. The molecule has 5 nitrogen and oxygen atoms in total. The number of likely N-dealkylation sites (N-methyl/N-ethyl adjacent to an activating group) is 2. The fourth-order valence-electron chi connectivity index (χ4n) is 2.69. The summed E-state index contributed by atoms with van der Waals surface area (Å²) in [6.07, 6.45) is 2.88. The van der Waals surface area contributed by atoms with Crippen LogP contribution in [0.5, 0.6) is 0 Å². The van der Waals surface area contributed by atoms with Crippen LogP contribution in [0, 0.1) is 0 Å². The molecule has 0 amide bonds. The number of nitrogens with zero attached hydrogens (tertiary/aromatic N) is 2. The molecule has 0 aliphatic carbocycles. The lowest BCUT2D eigenvalue weighted by Gasteiger charge is -2.22. The minimum absolute atomic E-state index is 0.636. The average Bonchev–Trinajstić information content (AvgIpc) is 2.79. The number of benzene rings is 1. The van der Waals surface area contributed by atoms with Crippen LogP contribution in [0.2, 0.25) is 0 Å². The van der Waals surface area contributed by atoms with Crippen molar-refractivity contribution >= 4 is 16.9 Å².